The van der Waals surface area contributed by atoms with Gasteiger partial charge in [-0.05, 0) is 48.4 Å². The average molecular weight is 293 g/mol. The predicted molar refractivity (Wildman–Crippen MR) is 72.5 cm³/mol. The van der Waals surface area contributed by atoms with E-state index in [1.165, 1.54) is 12.1 Å². The van der Waals surface area contributed by atoms with Gasteiger partial charge in [0, 0.05) is 0 Å². The van der Waals surface area contributed by atoms with Gasteiger partial charge in [0.1, 0.15) is 5.82 Å². The lowest BCUT2D eigenvalue weighted by Crippen LogP contribution is -2.18. The van der Waals surface area contributed by atoms with Crippen molar-refractivity contribution in [2.45, 2.75) is 25.0 Å². The molecule has 4 nitrogen and oxygen atoms in total. The Morgan fingerprint density at radius 1 is 1.25 bits per heavy atom. The van der Waals surface area contributed by atoms with Crippen LogP contribution in [0.25, 0.3) is 0 Å². The minimum Gasteiger partial charge on any atom is -0.366 e. The molecular weight excluding hydrogens is 281 g/mol. The van der Waals surface area contributed by atoms with Crippen LogP contribution in [0, 0.1) is 5.82 Å². The fourth-order valence-electron chi connectivity index (χ4n) is 2.31. The number of hydrogen-bond donors (Lipinski definition) is 1. The molecule has 0 aromatic heterocycles. The van der Waals surface area contributed by atoms with E-state index < -0.39 is 0 Å². The van der Waals surface area contributed by atoms with Gasteiger partial charge in [-0.2, -0.15) is 0 Å². The number of imide groups is 1. The molecule has 3 rings (SSSR count). The summed E-state index contributed by atoms with van der Waals surface area (Å²) in [5, 5.41) is 1.86. The molecular formula is C14H12FNO3S. The van der Waals surface area contributed by atoms with Gasteiger partial charge >= 0.3 is 0 Å². The molecule has 0 saturated carbocycles. The number of amides is 2. The molecule has 1 aromatic rings. The zero-order chi connectivity index (χ0) is 14.1. The van der Waals surface area contributed by atoms with Crippen LogP contribution in [0.4, 0.5) is 9.18 Å². The molecule has 0 bridgehead atoms. The molecule has 0 aliphatic carbocycles. The number of nitrogens with one attached hydrogen (secondary N) is 1. The molecule has 2 unspecified atom stereocenters. The largest absolute Gasteiger partial charge is 0.366 e. The molecule has 2 aliphatic rings. The van der Waals surface area contributed by atoms with Gasteiger partial charge in [-0.1, -0.05) is 12.1 Å². The van der Waals surface area contributed by atoms with Crippen molar-refractivity contribution < 1.29 is 18.7 Å². The van der Waals surface area contributed by atoms with E-state index in [2.05, 4.69) is 5.32 Å². The quantitative estimate of drug-likeness (QED) is 0.852. The number of rotatable bonds is 2. The highest BCUT2D eigenvalue weighted by Gasteiger charge is 2.30. The van der Waals surface area contributed by atoms with Gasteiger partial charge in [0.25, 0.3) is 11.1 Å². The first-order valence-corrected chi connectivity index (χ1v) is 7.09. The Morgan fingerprint density at radius 2 is 2.00 bits per heavy atom. The molecule has 2 atom stereocenters. The van der Waals surface area contributed by atoms with Crippen LogP contribution in [-0.2, 0) is 9.53 Å². The summed E-state index contributed by atoms with van der Waals surface area (Å²) in [5.41, 5.74) is 0.923. The van der Waals surface area contributed by atoms with Crippen molar-refractivity contribution in [1.29, 1.82) is 0 Å². The topological polar surface area (TPSA) is 55.4 Å². The number of hydrogen-bond acceptors (Lipinski definition) is 4. The molecule has 2 amide bonds. The summed E-state index contributed by atoms with van der Waals surface area (Å²) in [6, 6.07) is 6.22. The molecule has 0 radical (unpaired) electrons. The number of benzene rings is 1. The average Bonchev–Trinajstić information content (AvgIpc) is 2.98. The summed E-state index contributed by atoms with van der Waals surface area (Å²) in [4.78, 5) is 22.9. The Balaban J connectivity index is 1.68. The first kappa shape index (κ1) is 13.3. The third-order valence-electron chi connectivity index (χ3n) is 3.27. The maximum Gasteiger partial charge on any atom is 0.290 e. The lowest BCUT2D eigenvalue weighted by Gasteiger charge is -2.11. The van der Waals surface area contributed by atoms with E-state index in [-0.39, 0.29) is 29.2 Å². The van der Waals surface area contributed by atoms with Gasteiger partial charge < -0.3 is 4.74 Å². The van der Waals surface area contributed by atoms with Gasteiger partial charge in [-0.3, -0.25) is 14.9 Å². The van der Waals surface area contributed by atoms with Gasteiger partial charge in [0.05, 0.1) is 17.1 Å². The van der Waals surface area contributed by atoms with Crippen LogP contribution in [0.3, 0.4) is 0 Å². The lowest BCUT2D eigenvalue weighted by atomic mass is 10.1. The van der Waals surface area contributed by atoms with Crippen molar-refractivity contribution in [2.75, 3.05) is 0 Å². The predicted octanol–water partition coefficient (Wildman–Crippen LogP) is 2.91. The SMILES string of the molecule is O=C1NC(=O)/C(=C\C2CCC(c3ccc(F)cc3)O2)S1. The zero-order valence-electron chi connectivity index (χ0n) is 10.5. The minimum atomic E-state index is -0.367. The van der Waals surface area contributed by atoms with Crippen LogP contribution >= 0.6 is 11.8 Å². The van der Waals surface area contributed by atoms with Crippen molar-refractivity contribution in [3.8, 4) is 0 Å². The number of thioether (sulfide) groups is 1. The summed E-state index contributed by atoms with van der Waals surface area (Å²) in [6.45, 7) is 0. The highest BCUT2D eigenvalue weighted by Crippen LogP contribution is 2.35. The Bertz CT molecular complexity index is 585. The smallest absolute Gasteiger partial charge is 0.290 e. The Kier molecular flexibility index (Phi) is 3.58. The van der Waals surface area contributed by atoms with Crippen molar-refractivity contribution in [3.63, 3.8) is 0 Å². The molecule has 2 saturated heterocycles. The highest BCUT2D eigenvalue weighted by atomic mass is 32.2. The van der Waals surface area contributed by atoms with Crippen molar-refractivity contribution in [2.24, 2.45) is 0 Å². The second-order valence-electron chi connectivity index (χ2n) is 4.67. The zero-order valence-corrected chi connectivity index (χ0v) is 11.3. The fraction of sp³-hybridized carbons (Fsp3) is 0.286. The molecule has 1 N–H and O–H groups in total. The molecule has 20 heavy (non-hydrogen) atoms. The molecule has 2 aliphatic heterocycles. The highest BCUT2D eigenvalue weighted by molar-refractivity contribution is 8.18. The van der Waals surface area contributed by atoms with Crippen LogP contribution < -0.4 is 5.32 Å². The Morgan fingerprint density at radius 3 is 2.65 bits per heavy atom. The van der Waals surface area contributed by atoms with E-state index in [4.69, 9.17) is 4.74 Å². The van der Waals surface area contributed by atoms with Crippen LogP contribution in [0.5, 0.6) is 0 Å². The first-order chi connectivity index (χ1) is 9.61. The van der Waals surface area contributed by atoms with Gasteiger partial charge in [0.2, 0.25) is 0 Å². The summed E-state index contributed by atoms with van der Waals surface area (Å²) in [7, 11) is 0. The number of halogens is 1. The lowest BCUT2D eigenvalue weighted by molar-refractivity contribution is -0.115. The second-order valence-corrected chi connectivity index (χ2v) is 5.68. The Labute approximate surface area is 119 Å². The molecule has 2 heterocycles. The molecule has 6 heteroatoms. The van der Waals surface area contributed by atoms with Crippen LogP contribution in [-0.4, -0.2) is 17.3 Å². The maximum atomic E-state index is 12.9. The van der Waals surface area contributed by atoms with Crippen LogP contribution in [0.15, 0.2) is 35.2 Å². The summed E-state index contributed by atoms with van der Waals surface area (Å²) in [6.07, 6.45) is 2.98. The summed E-state index contributed by atoms with van der Waals surface area (Å²) >= 11 is 0.891. The van der Waals surface area contributed by atoms with E-state index in [1.54, 1.807) is 18.2 Å². The third kappa shape index (κ3) is 2.76. The van der Waals surface area contributed by atoms with E-state index in [0.29, 0.717) is 4.91 Å². The van der Waals surface area contributed by atoms with Crippen molar-refractivity contribution in [1.82, 2.24) is 5.32 Å². The van der Waals surface area contributed by atoms with E-state index in [1.807, 2.05) is 0 Å². The molecule has 1 aromatic carbocycles. The number of carbonyl (C=O) groups excluding carboxylic acids is 2. The van der Waals surface area contributed by atoms with Crippen LogP contribution in [0.1, 0.15) is 24.5 Å². The van der Waals surface area contributed by atoms with E-state index in [0.717, 1.165) is 30.2 Å². The van der Waals surface area contributed by atoms with Crippen molar-refractivity contribution >= 4 is 22.9 Å². The summed E-state index contributed by atoms with van der Waals surface area (Å²) in [5.74, 6) is -0.642. The van der Waals surface area contributed by atoms with Gasteiger partial charge in [0.15, 0.2) is 0 Å². The second kappa shape index (κ2) is 5.38. The normalized spacial score (nSPS) is 28.1. The van der Waals surface area contributed by atoms with Gasteiger partial charge in [-0.15, -0.1) is 0 Å². The van der Waals surface area contributed by atoms with E-state index >= 15 is 0 Å². The third-order valence-corrected chi connectivity index (χ3v) is 4.10. The monoisotopic (exact) mass is 293 g/mol. The fourth-order valence-corrected chi connectivity index (χ4v) is 3.02. The molecule has 0 spiro atoms. The number of ether oxygens (including phenoxy) is 1. The van der Waals surface area contributed by atoms with Crippen LogP contribution in [0.2, 0.25) is 0 Å². The molecule has 104 valence electrons. The first-order valence-electron chi connectivity index (χ1n) is 6.28. The van der Waals surface area contributed by atoms with E-state index in [9.17, 15) is 14.0 Å². The van der Waals surface area contributed by atoms with Crippen molar-refractivity contribution in [3.05, 3.63) is 46.6 Å². The van der Waals surface area contributed by atoms with Gasteiger partial charge in [-0.25, -0.2) is 4.39 Å². The maximum absolute atomic E-state index is 12.9. The summed E-state index contributed by atoms with van der Waals surface area (Å²) < 4.78 is 18.7. The molecule has 2 fully saturated rings. The Hall–Kier alpha value is -1.66. The standard InChI is InChI=1S/C14H12FNO3S/c15-9-3-1-8(2-4-9)11-6-5-10(19-11)7-12-13(17)16-14(18)20-12/h1-4,7,10-11H,5-6H2,(H,16,17,18)/b12-7+. The minimum absolute atomic E-state index is 0.0948. The number of carbonyl (C=O) groups is 2.